The zero-order valence-electron chi connectivity index (χ0n) is 16.2. The molecule has 0 aliphatic carbocycles. The summed E-state index contributed by atoms with van der Waals surface area (Å²) in [5.74, 6) is -1.65. The summed E-state index contributed by atoms with van der Waals surface area (Å²) in [5, 5.41) is 2.83. The molecule has 3 aromatic rings. The second kappa shape index (κ2) is 8.08. The molecule has 31 heavy (non-hydrogen) atoms. The molecule has 1 aromatic heterocycles. The van der Waals surface area contributed by atoms with Gasteiger partial charge in [0.2, 0.25) is 0 Å². The van der Waals surface area contributed by atoms with E-state index in [1.165, 1.54) is 49.8 Å². The van der Waals surface area contributed by atoms with E-state index in [1.807, 2.05) is 0 Å². The molecule has 0 saturated heterocycles. The summed E-state index contributed by atoms with van der Waals surface area (Å²) in [6.07, 6.45) is 1.45. The molecule has 0 bridgehead atoms. The molecule has 0 unspecified atom stereocenters. The topological polar surface area (TPSA) is 106 Å². The van der Waals surface area contributed by atoms with Gasteiger partial charge < -0.3 is 14.5 Å². The van der Waals surface area contributed by atoms with E-state index < -0.39 is 23.7 Å². The molecule has 0 fully saturated rings. The standard InChI is InChI=1S/C22H15ClN2O6/c1-30-22(29)13-5-7-17(23)18(10-13)24-19(26)12-4-6-15-16(9-12)21(28)25(20(15)27)11-14-3-2-8-31-14/h2-10H,11H2,1H3,(H,24,26). The minimum absolute atomic E-state index is 0.00317. The van der Waals surface area contributed by atoms with Crippen molar-refractivity contribution in [2.24, 2.45) is 0 Å². The Morgan fingerprint density at radius 2 is 1.77 bits per heavy atom. The van der Waals surface area contributed by atoms with Crippen LogP contribution in [-0.4, -0.2) is 35.7 Å². The molecule has 0 atom stereocenters. The molecule has 1 N–H and O–H groups in total. The molecule has 1 aliphatic rings. The fourth-order valence-electron chi connectivity index (χ4n) is 3.19. The quantitative estimate of drug-likeness (QED) is 0.480. The van der Waals surface area contributed by atoms with Crippen LogP contribution in [0.3, 0.4) is 0 Å². The molecule has 0 radical (unpaired) electrons. The number of rotatable bonds is 5. The molecule has 9 heteroatoms. The maximum atomic E-state index is 12.7. The Hall–Kier alpha value is -3.91. The lowest BCUT2D eigenvalue weighted by Gasteiger charge is -2.11. The summed E-state index contributed by atoms with van der Waals surface area (Å²) in [6.45, 7) is -0.00317. The molecule has 3 amide bonds. The summed E-state index contributed by atoms with van der Waals surface area (Å²) in [7, 11) is 1.24. The van der Waals surface area contributed by atoms with Crippen molar-refractivity contribution in [3.8, 4) is 0 Å². The number of nitrogens with zero attached hydrogens (tertiary/aromatic N) is 1. The van der Waals surface area contributed by atoms with Crippen LogP contribution >= 0.6 is 11.6 Å². The number of ether oxygens (including phenoxy) is 1. The average molecular weight is 439 g/mol. The van der Waals surface area contributed by atoms with Gasteiger partial charge in [0.15, 0.2) is 0 Å². The second-order valence-corrected chi connectivity index (χ2v) is 7.08. The van der Waals surface area contributed by atoms with E-state index in [-0.39, 0.29) is 39.5 Å². The first-order valence-electron chi connectivity index (χ1n) is 9.11. The van der Waals surface area contributed by atoms with Crippen molar-refractivity contribution < 1.29 is 28.3 Å². The van der Waals surface area contributed by atoms with Gasteiger partial charge in [-0.3, -0.25) is 19.3 Å². The van der Waals surface area contributed by atoms with Crippen LogP contribution in [-0.2, 0) is 11.3 Å². The molecule has 1 aliphatic heterocycles. The van der Waals surface area contributed by atoms with Gasteiger partial charge in [0.05, 0.1) is 47.3 Å². The number of methoxy groups -OCH3 is 1. The molecule has 4 rings (SSSR count). The molecule has 8 nitrogen and oxygen atoms in total. The van der Waals surface area contributed by atoms with Gasteiger partial charge in [-0.05, 0) is 48.5 Å². The monoisotopic (exact) mass is 438 g/mol. The van der Waals surface area contributed by atoms with E-state index in [1.54, 1.807) is 12.1 Å². The lowest BCUT2D eigenvalue weighted by Crippen LogP contribution is -2.28. The number of furan rings is 1. The highest BCUT2D eigenvalue weighted by atomic mass is 35.5. The van der Waals surface area contributed by atoms with E-state index in [9.17, 15) is 19.2 Å². The van der Waals surface area contributed by atoms with Crippen LogP contribution in [0, 0.1) is 0 Å². The van der Waals surface area contributed by atoms with Crippen LogP contribution in [0.5, 0.6) is 0 Å². The van der Waals surface area contributed by atoms with Gasteiger partial charge in [0, 0.05) is 5.56 Å². The van der Waals surface area contributed by atoms with Gasteiger partial charge in [-0.1, -0.05) is 11.6 Å². The van der Waals surface area contributed by atoms with E-state index in [4.69, 9.17) is 16.0 Å². The lowest BCUT2D eigenvalue weighted by atomic mass is 10.1. The molecule has 0 spiro atoms. The van der Waals surface area contributed by atoms with Gasteiger partial charge in [-0.2, -0.15) is 0 Å². The average Bonchev–Trinajstić information content (AvgIpc) is 3.37. The molecular formula is C22H15ClN2O6. The number of halogens is 1. The van der Waals surface area contributed by atoms with Crippen LogP contribution in [0.25, 0.3) is 0 Å². The summed E-state index contributed by atoms with van der Waals surface area (Å²) in [4.78, 5) is 50.8. The zero-order chi connectivity index (χ0) is 22.1. The van der Waals surface area contributed by atoms with Crippen molar-refractivity contribution in [3.05, 3.63) is 87.8 Å². The third-order valence-electron chi connectivity index (χ3n) is 4.76. The minimum Gasteiger partial charge on any atom is -0.467 e. The predicted octanol–water partition coefficient (Wildman–Crippen LogP) is 3.77. The maximum absolute atomic E-state index is 12.7. The summed E-state index contributed by atoms with van der Waals surface area (Å²) in [5.41, 5.74) is 0.902. The van der Waals surface area contributed by atoms with E-state index in [0.29, 0.717) is 5.76 Å². The number of fused-ring (bicyclic) bond motifs is 1. The summed E-state index contributed by atoms with van der Waals surface area (Å²) >= 11 is 6.12. The highest BCUT2D eigenvalue weighted by Gasteiger charge is 2.36. The van der Waals surface area contributed by atoms with E-state index in [0.717, 1.165) is 4.90 Å². The van der Waals surface area contributed by atoms with Gasteiger partial charge in [0.25, 0.3) is 17.7 Å². The van der Waals surface area contributed by atoms with Crippen molar-refractivity contribution >= 4 is 41.0 Å². The van der Waals surface area contributed by atoms with E-state index >= 15 is 0 Å². The van der Waals surface area contributed by atoms with Gasteiger partial charge in [0.1, 0.15) is 5.76 Å². The lowest BCUT2D eigenvalue weighted by molar-refractivity contribution is 0.0597. The highest BCUT2D eigenvalue weighted by molar-refractivity contribution is 6.34. The van der Waals surface area contributed by atoms with Crippen LogP contribution < -0.4 is 5.32 Å². The number of imide groups is 1. The highest BCUT2D eigenvalue weighted by Crippen LogP contribution is 2.27. The molecular weight excluding hydrogens is 424 g/mol. The fraction of sp³-hybridized carbons (Fsp3) is 0.0909. The van der Waals surface area contributed by atoms with Crippen molar-refractivity contribution in [1.29, 1.82) is 0 Å². The minimum atomic E-state index is -0.578. The van der Waals surface area contributed by atoms with Crippen molar-refractivity contribution in [1.82, 2.24) is 4.90 Å². The Labute approximate surface area is 181 Å². The first-order chi connectivity index (χ1) is 14.9. The number of hydrogen-bond acceptors (Lipinski definition) is 6. The Kier molecular flexibility index (Phi) is 5.31. The largest absolute Gasteiger partial charge is 0.467 e. The van der Waals surface area contributed by atoms with Crippen LogP contribution in [0.15, 0.2) is 59.2 Å². The normalized spacial score (nSPS) is 12.6. The Morgan fingerprint density at radius 1 is 1.03 bits per heavy atom. The first-order valence-corrected chi connectivity index (χ1v) is 9.48. The number of esters is 1. The number of hydrogen-bond donors (Lipinski definition) is 1. The zero-order valence-corrected chi connectivity index (χ0v) is 16.9. The van der Waals surface area contributed by atoms with Crippen LogP contribution in [0.4, 0.5) is 5.69 Å². The number of benzene rings is 2. The van der Waals surface area contributed by atoms with Crippen molar-refractivity contribution in [2.75, 3.05) is 12.4 Å². The Morgan fingerprint density at radius 3 is 2.48 bits per heavy atom. The molecule has 0 saturated carbocycles. The van der Waals surface area contributed by atoms with Crippen molar-refractivity contribution in [2.45, 2.75) is 6.54 Å². The summed E-state index contributed by atoms with van der Waals surface area (Å²) in [6, 6.07) is 11.9. The third-order valence-corrected chi connectivity index (χ3v) is 5.09. The Balaban J connectivity index is 1.57. The van der Waals surface area contributed by atoms with E-state index in [2.05, 4.69) is 10.1 Å². The molecule has 156 valence electrons. The van der Waals surface area contributed by atoms with Crippen molar-refractivity contribution in [3.63, 3.8) is 0 Å². The smallest absolute Gasteiger partial charge is 0.337 e. The number of nitrogens with one attached hydrogen (secondary N) is 1. The predicted molar refractivity (Wildman–Crippen MR) is 110 cm³/mol. The Bertz CT molecular complexity index is 1220. The first kappa shape index (κ1) is 20.4. The van der Waals surface area contributed by atoms with Crippen LogP contribution in [0.1, 0.15) is 47.2 Å². The number of carbonyl (C=O) groups excluding carboxylic acids is 4. The number of amides is 3. The van der Waals surface area contributed by atoms with Gasteiger partial charge >= 0.3 is 5.97 Å². The summed E-state index contributed by atoms with van der Waals surface area (Å²) < 4.78 is 9.87. The SMILES string of the molecule is COC(=O)c1ccc(Cl)c(NC(=O)c2ccc3c(c2)C(=O)N(Cc2ccco2)C3=O)c1. The van der Waals surface area contributed by atoms with Gasteiger partial charge in [-0.25, -0.2) is 4.79 Å². The fourth-order valence-corrected chi connectivity index (χ4v) is 3.36. The van der Waals surface area contributed by atoms with Crippen LogP contribution in [0.2, 0.25) is 5.02 Å². The number of carbonyl (C=O) groups is 4. The number of anilines is 1. The van der Waals surface area contributed by atoms with Gasteiger partial charge in [-0.15, -0.1) is 0 Å². The molecule has 2 heterocycles. The second-order valence-electron chi connectivity index (χ2n) is 6.68. The third kappa shape index (κ3) is 3.80. The maximum Gasteiger partial charge on any atom is 0.337 e. The molecule has 2 aromatic carbocycles.